The number of aromatic nitrogens is 2. The van der Waals surface area contributed by atoms with Gasteiger partial charge in [0.25, 0.3) is 5.56 Å². The highest BCUT2D eigenvalue weighted by molar-refractivity contribution is 7.12. The van der Waals surface area contributed by atoms with Crippen LogP contribution >= 0.6 is 11.3 Å². The number of benzene rings is 1. The quantitative estimate of drug-likeness (QED) is 0.802. The van der Waals surface area contributed by atoms with E-state index < -0.39 is 0 Å². The second kappa shape index (κ2) is 6.02. The van der Waals surface area contributed by atoms with Crippen LogP contribution in [-0.2, 0) is 6.54 Å². The van der Waals surface area contributed by atoms with E-state index in [1.165, 1.54) is 9.75 Å². The lowest BCUT2D eigenvalue weighted by Crippen LogP contribution is -2.24. The lowest BCUT2D eigenvalue weighted by Gasteiger charge is -2.23. The second-order valence-corrected chi connectivity index (χ2v) is 6.89. The van der Waals surface area contributed by atoms with Gasteiger partial charge in [0.2, 0.25) is 0 Å². The summed E-state index contributed by atoms with van der Waals surface area (Å²) in [5, 5.41) is 0.635. The summed E-state index contributed by atoms with van der Waals surface area (Å²) in [6.07, 6.45) is 0. The summed E-state index contributed by atoms with van der Waals surface area (Å²) in [5.41, 5.74) is 0.669. The van der Waals surface area contributed by atoms with Gasteiger partial charge in [0.1, 0.15) is 5.82 Å². The number of para-hydroxylation sites is 1. The van der Waals surface area contributed by atoms with E-state index in [4.69, 9.17) is 0 Å². The molecular formula is C17H19N3OS. The number of rotatable bonds is 4. The Labute approximate surface area is 133 Å². The van der Waals surface area contributed by atoms with Crippen molar-refractivity contribution in [3.8, 4) is 0 Å². The Hall–Kier alpha value is -1.98. The number of nitrogens with one attached hydrogen (secondary N) is 1. The highest BCUT2D eigenvalue weighted by atomic mass is 32.1. The van der Waals surface area contributed by atoms with E-state index in [0.29, 0.717) is 17.8 Å². The van der Waals surface area contributed by atoms with Gasteiger partial charge in [0.05, 0.1) is 17.4 Å². The summed E-state index contributed by atoms with van der Waals surface area (Å²) in [6.45, 7) is 4.89. The molecule has 1 N–H and O–H groups in total. The number of fused-ring (bicyclic) bond motifs is 1. The minimum Gasteiger partial charge on any atom is -0.309 e. The Balaban J connectivity index is 1.84. The molecule has 1 aromatic carbocycles. The maximum Gasteiger partial charge on any atom is 0.258 e. The first-order chi connectivity index (χ1) is 10.5. The van der Waals surface area contributed by atoms with E-state index in [1.807, 2.05) is 18.2 Å². The average Bonchev–Trinajstić information content (AvgIpc) is 2.93. The summed E-state index contributed by atoms with van der Waals surface area (Å²) < 4.78 is 0. The molecule has 0 aliphatic rings. The molecule has 0 fully saturated rings. The van der Waals surface area contributed by atoms with Crippen LogP contribution in [0.3, 0.4) is 0 Å². The number of aryl methyl sites for hydroxylation is 1. The van der Waals surface area contributed by atoms with Crippen molar-refractivity contribution in [1.29, 1.82) is 0 Å². The number of nitrogens with zero attached hydrogens (tertiary/aromatic N) is 2. The summed E-state index contributed by atoms with van der Waals surface area (Å²) >= 11 is 1.81. The fourth-order valence-electron chi connectivity index (χ4n) is 2.48. The maximum absolute atomic E-state index is 12.1. The van der Waals surface area contributed by atoms with Crippen LogP contribution in [-0.4, -0.2) is 21.9 Å². The monoisotopic (exact) mass is 313 g/mol. The van der Waals surface area contributed by atoms with Crippen LogP contribution in [0.1, 0.15) is 28.5 Å². The molecule has 3 rings (SSSR count). The van der Waals surface area contributed by atoms with Gasteiger partial charge in [-0.05, 0) is 45.2 Å². The molecule has 0 radical (unpaired) electrons. The van der Waals surface area contributed by atoms with Gasteiger partial charge in [0, 0.05) is 15.8 Å². The van der Waals surface area contributed by atoms with Gasteiger partial charge in [0.15, 0.2) is 0 Å². The molecule has 22 heavy (non-hydrogen) atoms. The third-order valence-electron chi connectivity index (χ3n) is 3.90. The number of thiophene rings is 1. The van der Waals surface area contributed by atoms with Gasteiger partial charge < -0.3 is 4.98 Å². The van der Waals surface area contributed by atoms with Gasteiger partial charge in [-0.1, -0.05) is 12.1 Å². The molecule has 0 unspecified atom stereocenters. The smallest absolute Gasteiger partial charge is 0.258 e. The van der Waals surface area contributed by atoms with Crippen molar-refractivity contribution < 1.29 is 0 Å². The van der Waals surface area contributed by atoms with Gasteiger partial charge in [-0.3, -0.25) is 9.69 Å². The minimum atomic E-state index is -0.0754. The van der Waals surface area contributed by atoms with Crippen LogP contribution in [0.25, 0.3) is 10.9 Å². The topological polar surface area (TPSA) is 49.0 Å². The summed E-state index contributed by atoms with van der Waals surface area (Å²) in [6, 6.07) is 12.0. The van der Waals surface area contributed by atoms with Crippen molar-refractivity contribution in [2.24, 2.45) is 0 Å². The molecule has 2 heterocycles. The zero-order valence-electron chi connectivity index (χ0n) is 13.0. The van der Waals surface area contributed by atoms with Crippen molar-refractivity contribution in [3.63, 3.8) is 0 Å². The fraction of sp³-hybridized carbons (Fsp3) is 0.294. The maximum atomic E-state index is 12.1. The molecule has 0 spiro atoms. The molecular weight excluding hydrogens is 294 g/mol. The summed E-state index contributed by atoms with van der Waals surface area (Å²) in [7, 11) is 2.05. The first-order valence-corrected chi connectivity index (χ1v) is 8.11. The first kappa shape index (κ1) is 14.9. The molecule has 3 aromatic rings. The first-order valence-electron chi connectivity index (χ1n) is 7.29. The van der Waals surface area contributed by atoms with E-state index in [-0.39, 0.29) is 11.6 Å². The van der Waals surface area contributed by atoms with Crippen molar-refractivity contribution in [2.45, 2.75) is 26.4 Å². The lowest BCUT2D eigenvalue weighted by molar-refractivity contribution is 0.250. The molecule has 4 nitrogen and oxygen atoms in total. The van der Waals surface area contributed by atoms with Crippen molar-refractivity contribution in [2.75, 3.05) is 7.05 Å². The van der Waals surface area contributed by atoms with Gasteiger partial charge in [-0.25, -0.2) is 4.98 Å². The highest BCUT2D eigenvalue weighted by Crippen LogP contribution is 2.26. The minimum absolute atomic E-state index is 0.0754. The zero-order valence-corrected chi connectivity index (χ0v) is 13.8. The van der Waals surface area contributed by atoms with Crippen molar-refractivity contribution in [1.82, 2.24) is 14.9 Å². The molecule has 114 valence electrons. The van der Waals surface area contributed by atoms with E-state index in [2.05, 4.69) is 47.9 Å². The Bertz CT molecular complexity index is 852. The van der Waals surface area contributed by atoms with Crippen LogP contribution in [0.2, 0.25) is 0 Å². The zero-order chi connectivity index (χ0) is 15.7. The molecule has 2 aromatic heterocycles. The average molecular weight is 313 g/mol. The molecule has 0 saturated heterocycles. The number of H-pyrrole nitrogens is 1. The van der Waals surface area contributed by atoms with Gasteiger partial charge >= 0.3 is 0 Å². The molecule has 0 aliphatic carbocycles. The fourth-order valence-corrected chi connectivity index (χ4v) is 3.47. The number of hydrogen-bond acceptors (Lipinski definition) is 4. The van der Waals surface area contributed by atoms with Crippen LogP contribution in [0.5, 0.6) is 0 Å². The van der Waals surface area contributed by atoms with Crippen LogP contribution in [0.4, 0.5) is 0 Å². The largest absolute Gasteiger partial charge is 0.309 e. The standard InChI is InChI=1S/C17H19N3OS/c1-11-8-9-15(22-11)12(2)20(3)10-16-18-14-7-5-4-6-13(14)17(21)19-16/h4-9,12H,10H2,1-3H3,(H,18,19,21)/t12-/m1/s1. The van der Waals surface area contributed by atoms with E-state index in [1.54, 1.807) is 17.4 Å². The van der Waals surface area contributed by atoms with Crippen LogP contribution in [0.15, 0.2) is 41.2 Å². The van der Waals surface area contributed by atoms with Gasteiger partial charge in [-0.2, -0.15) is 0 Å². The molecule has 0 saturated carbocycles. The third-order valence-corrected chi connectivity index (χ3v) is 5.07. The van der Waals surface area contributed by atoms with Crippen LogP contribution in [0, 0.1) is 6.92 Å². The van der Waals surface area contributed by atoms with E-state index in [0.717, 1.165) is 5.52 Å². The Morgan fingerprint density at radius 1 is 1.27 bits per heavy atom. The van der Waals surface area contributed by atoms with E-state index in [9.17, 15) is 4.79 Å². The van der Waals surface area contributed by atoms with Crippen LogP contribution < -0.4 is 5.56 Å². The lowest BCUT2D eigenvalue weighted by atomic mass is 10.2. The predicted molar refractivity (Wildman–Crippen MR) is 91.3 cm³/mol. The molecule has 1 atom stereocenters. The molecule has 5 heteroatoms. The summed E-state index contributed by atoms with van der Waals surface area (Å²) in [5.74, 6) is 0.700. The Kier molecular flexibility index (Phi) is 4.09. The highest BCUT2D eigenvalue weighted by Gasteiger charge is 2.15. The Morgan fingerprint density at radius 3 is 2.77 bits per heavy atom. The normalized spacial score (nSPS) is 12.9. The molecule has 0 aliphatic heterocycles. The number of aromatic amines is 1. The third kappa shape index (κ3) is 2.96. The molecule has 0 bridgehead atoms. The summed E-state index contributed by atoms with van der Waals surface area (Å²) in [4.78, 5) is 24.4. The molecule has 0 amide bonds. The number of hydrogen-bond donors (Lipinski definition) is 1. The van der Waals surface area contributed by atoms with Gasteiger partial charge in [-0.15, -0.1) is 11.3 Å². The Morgan fingerprint density at radius 2 is 2.05 bits per heavy atom. The van der Waals surface area contributed by atoms with E-state index >= 15 is 0 Å². The van der Waals surface area contributed by atoms with Crippen molar-refractivity contribution >= 4 is 22.2 Å². The second-order valence-electron chi connectivity index (χ2n) is 5.57. The predicted octanol–water partition coefficient (Wildman–Crippen LogP) is 3.49. The SMILES string of the molecule is Cc1ccc([C@@H](C)N(C)Cc2nc3ccccc3c(=O)[nH]2)s1. The van der Waals surface area contributed by atoms with Crippen molar-refractivity contribution in [3.05, 3.63) is 62.3 Å².